The average Bonchev–Trinajstić information content (AvgIpc) is 3.16. The number of benzene rings is 1. The Morgan fingerprint density at radius 2 is 1.86 bits per heavy atom. The van der Waals surface area contributed by atoms with Gasteiger partial charge in [-0.25, -0.2) is 0 Å². The molecule has 9 heteroatoms. The maximum atomic E-state index is 11.1. The summed E-state index contributed by atoms with van der Waals surface area (Å²) in [6, 6.07) is 9.08. The SMILES string of the molecule is CCOc1ccc(C(C)NC(=NC)NCc2ccc(C(N)=O)o2)cc1OCC.I. The van der Waals surface area contributed by atoms with Crippen LogP contribution in [0.1, 0.15) is 48.7 Å². The number of furan rings is 1. The molecule has 1 amide bonds. The number of aliphatic imine (C=N–C) groups is 1. The van der Waals surface area contributed by atoms with Gasteiger partial charge in [0, 0.05) is 7.05 Å². The van der Waals surface area contributed by atoms with E-state index in [9.17, 15) is 4.79 Å². The van der Waals surface area contributed by atoms with Crippen molar-refractivity contribution in [1.29, 1.82) is 0 Å². The molecule has 4 N–H and O–H groups in total. The van der Waals surface area contributed by atoms with Gasteiger partial charge < -0.3 is 30.3 Å². The van der Waals surface area contributed by atoms with Gasteiger partial charge in [-0.3, -0.25) is 9.79 Å². The van der Waals surface area contributed by atoms with E-state index in [1.165, 1.54) is 0 Å². The molecule has 2 aromatic rings. The minimum atomic E-state index is -0.594. The fraction of sp³-hybridized carbons (Fsp3) is 0.400. The van der Waals surface area contributed by atoms with E-state index in [-0.39, 0.29) is 35.8 Å². The lowest BCUT2D eigenvalue weighted by atomic mass is 10.1. The first-order valence-corrected chi connectivity index (χ1v) is 9.23. The van der Waals surface area contributed by atoms with E-state index in [1.54, 1.807) is 19.2 Å². The number of nitrogens with two attached hydrogens (primary N) is 1. The van der Waals surface area contributed by atoms with E-state index in [0.29, 0.717) is 37.2 Å². The van der Waals surface area contributed by atoms with Crippen molar-refractivity contribution in [3.05, 3.63) is 47.4 Å². The van der Waals surface area contributed by atoms with Crippen LogP contribution in [0.5, 0.6) is 11.5 Å². The Kier molecular flexibility index (Phi) is 10.4. The zero-order valence-corrected chi connectivity index (χ0v) is 19.5. The van der Waals surface area contributed by atoms with Gasteiger partial charge in [-0.1, -0.05) is 6.07 Å². The summed E-state index contributed by atoms with van der Waals surface area (Å²) < 4.78 is 16.7. The summed E-state index contributed by atoms with van der Waals surface area (Å²) in [7, 11) is 1.68. The molecule has 0 radical (unpaired) electrons. The Balaban J connectivity index is 0.00000420. The van der Waals surface area contributed by atoms with Crippen molar-refractivity contribution in [2.24, 2.45) is 10.7 Å². The molecule has 160 valence electrons. The molecule has 1 atom stereocenters. The number of rotatable bonds is 9. The zero-order chi connectivity index (χ0) is 20.5. The number of carbonyl (C=O) groups excluding carboxylic acids is 1. The monoisotopic (exact) mass is 516 g/mol. The Morgan fingerprint density at radius 3 is 2.45 bits per heavy atom. The fourth-order valence-corrected chi connectivity index (χ4v) is 2.60. The van der Waals surface area contributed by atoms with Crippen molar-refractivity contribution in [3.63, 3.8) is 0 Å². The van der Waals surface area contributed by atoms with Gasteiger partial charge in [0.25, 0.3) is 5.91 Å². The number of nitrogens with zero attached hydrogens (tertiary/aromatic N) is 1. The Hall–Kier alpha value is -2.43. The van der Waals surface area contributed by atoms with Crippen LogP contribution < -0.4 is 25.8 Å². The van der Waals surface area contributed by atoms with E-state index in [0.717, 1.165) is 11.3 Å². The van der Waals surface area contributed by atoms with Gasteiger partial charge in [-0.2, -0.15) is 0 Å². The van der Waals surface area contributed by atoms with Gasteiger partial charge >= 0.3 is 0 Å². The molecule has 0 aliphatic rings. The molecule has 1 unspecified atom stereocenters. The third kappa shape index (κ3) is 7.15. The lowest BCUT2D eigenvalue weighted by molar-refractivity contribution is 0.0972. The number of amides is 1. The van der Waals surface area contributed by atoms with Crippen LogP contribution in [-0.4, -0.2) is 32.1 Å². The van der Waals surface area contributed by atoms with Crippen LogP contribution in [0, 0.1) is 0 Å². The van der Waals surface area contributed by atoms with Crippen molar-refractivity contribution in [2.75, 3.05) is 20.3 Å². The largest absolute Gasteiger partial charge is 0.490 e. The highest BCUT2D eigenvalue weighted by Gasteiger charge is 2.13. The standard InChI is InChI=1S/C20H28N4O4.HI/c1-5-26-16-9-7-14(11-18(16)27-6-2)13(3)24-20(22-4)23-12-15-8-10-17(28-15)19(21)25;/h7-11,13H,5-6,12H2,1-4H3,(H2,21,25)(H2,22,23,24);1H. The summed E-state index contributed by atoms with van der Waals surface area (Å²) in [6.07, 6.45) is 0. The van der Waals surface area contributed by atoms with E-state index in [2.05, 4.69) is 15.6 Å². The summed E-state index contributed by atoms with van der Waals surface area (Å²) in [5.74, 6) is 2.16. The molecule has 1 aromatic heterocycles. The lowest BCUT2D eigenvalue weighted by Gasteiger charge is -2.19. The minimum Gasteiger partial charge on any atom is -0.490 e. The number of nitrogens with one attached hydrogen (secondary N) is 2. The third-order valence-corrected chi connectivity index (χ3v) is 3.98. The topological polar surface area (TPSA) is 111 Å². The van der Waals surface area contributed by atoms with Crippen LogP contribution in [0.3, 0.4) is 0 Å². The third-order valence-electron chi connectivity index (χ3n) is 3.98. The second-order valence-corrected chi connectivity index (χ2v) is 5.99. The average molecular weight is 516 g/mol. The maximum Gasteiger partial charge on any atom is 0.284 e. The van der Waals surface area contributed by atoms with Crippen LogP contribution in [0.4, 0.5) is 0 Å². The highest BCUT2D eigenvalue weighted by molar-refractivity contribution is 14.0. The summed E-state index contributed by atoms with van der Waals surface area (Å²) in [5.41, 5.74) is 6.23. The normalized spacial score (nSPS) is 11.9. The van der Waals surface area contributed by atoms with Gasteiger partial charge in [-0.05, 0) is 50.6 Å². The molecular formula is C20H29IN4O4. The molecule has 0 bridgehead atoms. The summed E-state index contributed by atoms with van der Waals surface area (Å²) in [6.45, 7) is 7.41. The number of halogens is 1. The highest BCUT2D eigenvalue weighted by atomic mass is 127. The van der Waals surface area contributed by atoms with Gasteiger partial charge in [0.1, 0.15) is 5.76 Å². The number of carbonyl (C=O) groups is 1. The van der Waals surface area contributed by atoms with Crippen molar-refractivity contribution in [2.45, 2.75) is 33.4 Å². The Morgan fingerprint density at radius 1 is 1.17 bits per heavy atom. The number of hydrogen-bond donors (Lipinski definition) is 3. The molecule has 2 rings (SSSR count). The van der Waals surface area contributed by atoms with Crippen molar-refractivity contribution < 1.29 is 18.7 Å². The molecule has 0 fully saturated rings. The minimum absolute atomic E-state index is 0. The lowest BCUT2D eigenvalue weighted by Crippen LogP contribution is -2.38. The first kappa shape index (κ1) is 24.6. The fourth-order valence-electron chi connectivity index (χ4n) is 2.60. The van der Waals surface area contributed by atoms with Gasteiger partial charge in [0.15, 0.2) is 23.2 Å². The van der Waals surface area contributed by atoms with Gasteiger partial charge in [0.05, 0.1) is 25.8 Å². The van der Waals surface area contributed by atoms with Crippen molar-refractivity contribution >= 4 is 35.8 Å². The second-order valence-electron chi connectivity index (χ2n) is 5.99. The second kappa shape index (κ2) is 12.2. The maximum absolute atomic E-state index is 11.1. The van der Waals surface area contributed by atoms with E-state index in [4.69, 9.17) is 19.6 Å². The van der Waals surface area contributed by atoms with Crippen LogP contribution in [0.2, 0.25) is 0 Å². The first-order valence-electron chi connectivity index (χ1n) is 9.23. The van der Waals surface area contributed by atoms with Gasteiger partial charge in [0.2, 0.25) is 0 Å². The van der Waals surface area contributed by atoms with Crippen molar-refractivity contribution in [1.82, 2.24) is 10.6 Å². The van der Waals surface area contributed by atoms with Crippen LogP contribution in [-0.2, 0) is 6.54 Å². The van der Waals surface area contributed by atoms with Crippen molar-refractivity contribution in [3.8, 4) is 11.5 Å². The molecular weight excluding hydrogens is 487 g/mol. The molecule has 1 heterocycles. The summed E-state index contributed by atoms with van der Waals surface area (Å²) >= 11 is 0. The summed E-state index contributed by atoms with van der Waals surface area (Å²) in [5, 5.41) is 6.46. The van der Waals surface area contributed by atoms with Crippen LogP contribution in [0.15, 0.2) is 39.7 Å². The predicted molar refractivity (Wildman–Crippen MR) is 123 cm³/mol. The zero-order valence-electron chi connectivity index (χ0n) is 17.2. The van der Waals surface area contributed by atoms with Crippen LogP contribution >= 0.6 is 24.0 Å². The number of ether oxygens (including phenoxy) is 2. The quantitative estimate of drug-likeness (QED) is 0.268. The molecule has 0 spiro atoms. The number of guanidine groups is 1. The Labute approximate surface area is 188 Å². The molecule has 29 heavy (non-hydrogen) atoms. The molecule has 0 saturated carbocycles. The number of hydrogen-bond acceptors (Lipinski definition) is 5. The molecule has 8 nitrogen and oxygen atoms in total. The smallest absolute Gasteiger partial charge is 0.284 e. The predicted octanol–water partition coefficient (Wildman–Crippen LogP) is 3.22. The van der Waals surface area contributed by atoms with E-state index in [1.807, 2.05) is 39.0 Å². The number of primary amides is 1. The first-order chi connectivity index (χ1) is 13.5. The van der Waals surface area contributed by atoms with E-state index < -0.39 is 5.91 Å². The molecule has 0 saturated heterocycles. The molecule has 1 aromatic carbocycles. The molecule has 0 aliphatic heterocycles. The Bertz CT molecular complexity index is 823. The summed E-state index contributed by atoms with van der Waals surface area (Å²) in [4.78, 5) is 15.3. The van der Waals surface area contributed by atoms with Crippen LogP contribution in [0.25, 0.3) is 0 Å². The van der Waals surface area contributed by atoms with E-state index >= 15 is 0 Å². The highest BCUT2D eigenvalue weighted by Crippen LogP contribution is 2.30. The van der Waals surface area contributed by atoms with Gasteiger partial charge in [-0.15, -0.1) is 24.0 Å². The molecule has 0 aliphatic carbocycles.